The van der Waals surface area contributed by atoms with E-state index in [1.54, 1.807) is 4.90 Å². The molecule has 4 heteroatoms. The van der Waals surface area contributed by atoms with Crippen LogP contribution in [0.5, 0.6) is 0 Å². The molecular formula is C11H20N2O2. The first kappa shape index (κ1) is 10.7. The smallest absolute Gasteiger partial charge is 0.407 e. The van der Waals surface area contributed by atoms with Crippen molar-refractivity contribution >= 4 is 6.09 Å². The summed E-state index contributed by atoms with van der Waals surface area (Å²) in [5.74, 6) is 0. The number of hydrogen-bond acceptors (Lipinski definition) is 2. The molecule has 0 aliphatic carbocycles. The summed E-state index contributed by atoms with van der Waals surface area (Å²) in [5, 5.41) is 9.01. The molecule has 15 heavy (non-hydrogen) atoms. The van der Waals surface area contributed by atoms with Gasteiger partial charge in [-0.05, 0) is 39.3 Å². The fraction of sp³-hybridized carbons (Fsp3) is 0.909. The monoisotopic (exact) mass is 212 g/mol. The predicted molar refractivity (Wildman–Crippen MR) is 58.0 cm³/mol. The Morgan fingerprint density at radius 1 is 1.27 bits per heavy atom. The Morgan fingerprint density at radius 2 is 1.93 bits per heavy atom. The molecule has 0 spiro atoms. The summed E-state index contributed by atoms with van der Waals surface area (Å²) in [4.78, 5) is 15.0. The molecule has 2 atom stereocenters. The molecule has 1 N–H and O–H groups in total. The molecule has 0 aromatic carbocycles. The quantitative estimate of drug-likeness (QED) is 0.718. The highest BCUT2D eigenvalue weighted by Crippen LogP contribution is 2.24. The number of carboxylic acid groups (broad SMARTS) is 1. The van der Waals surface area contributed by atoms with Crippen molar-refractivity contribution in [1.29, 1.82) is 0 Å². The van der Waals surface area contributed by atoms with Crippen LogP contribution in [0.1, 0.15) is 32.6 Å². The fourth-order valence-corrected chi connectivity index (χ4v) is 2.82. The third-order valence-electron chi connectivity index (χ3n) is 3.71. The average Bonchev–Trinajstić information content (AvgIpc) is 2.62. The van der Waals surface area contributed by atoms with Gasteiger partial charge in [-0.1, -0.05) is 6.42 Å². The van der Waals surface area contributed by atoms with Crippen LogP contribution in [0.4, 0.5) is 4.79 Å². The topological polar surface area (TPSA) is 43.8 Å². The summed E-state index contributed by atoms with van der Waals surface area (Å²) in [6, 6.07) is 0.658. The number of hydrogen-bond donors (Lipinski definition) is 1. The molecule has 2 aliphatic heterocycles. The third-order valence-corrected chi connectivity index (χ3v) is 3.71. The second-order valence-electron chi connectivity index (χ2n) is 4.77. The van der Waals surface area contributed by atoms with Gasteiger partial charge < -0.3 is 10.0 Å². The van der Waals surface area contributed by atoms with Gasteiger partial charge in [0.25, 0.3) is 0 Å². The van der Waals surface area contributed by atoms with E-state index in [0.717, 1.165) is 19.5 Å². The van der Waals surface area contributed by atoms with Gasteiger partial charge >= 0.3 is 6.09 Å². The van der Waals surface area contributed by atoms with Gasteiger partial charge in [0.2, 0.25) is 0 Å². The van der Waals surface area contributed by atoms with Crippen LogP contribution in [-0.4, -0.2) is 52.7 Å². The molecule has 1 amide bonds. The third kappa shape index (κ3) is 2.25. The van der Waals surface area contributed by atoms with E-state index in [-0.39, 0.29) is 6.04 Å². The van der Waals surface area contributed by atoms with E-state index in [4.69, 9.17) is 5.11 Å². The normalized spacial score (nSPS) is 33.3. The molecule has 2 saturated heterocycles. The Kier molecular flexibility index (Phi) is 3.14. The lowest BCUT2D eigenvalue weighted by molar-refractivity contribution is 0.133. The molecule has 2 heterocycles. The first-order chi connectivity index (χ1) is 7.18. The van der Waals surface area contributed by atoms with Crippen LogP contribution in [0.15, 0.2) is 0 Å². The van der Waals surface area contributed by atoms with Crippen LogP contribution in [0.25, 0.3) is 0 Å². The highest BCUT2D eigenvalue weighted by Gasteiger charge is 2.35. The molecule has 1 unspecified atom stereocenters. The molecule has 2 aliphatic rings. The van der Waals surface area contributed by atoms with Gasteiger partial charge in [0.1, 0.15) is 0 Å². The first-order valence-corrected chi connectivity index (χ1v) is 5.92. The zero-order valence-corrected chi connectivity index (χ0v) is 9.35. The van der Waals surface area contributed by atoms with Gasteiger partial charge in [-0.15, -0.1) is 0 Å². The fourth-order valence-electron chi connectivity index (χ4n) is 2.82. The first-order valence-electron chi connectivity index (χ1n) is 5.92. The van der Waals surface area contributed by atoms with E-state index in [2.05, 4.69) is 4.90 Å². The second kappa shape index (κ2) is 4.39. The maximum atomic E-state index is 10.9. The standard InChI is InChI=1S/C11H20N2O2/c1-9-7-10(8-13(9)11(14)15)12-5-3-2-4-6-12/h9-10H,2-8H2,1H3,(H,14,15)/t9?,10-/m0/s1. The maximum Gasteiger partial charge on any atom is 0.407 e. The van der Waals surface area contributed by atoms with Crippen LogP contribution < -0.4 is 0 Å². The van der Waals surface area contributed by atoms with Crippen molar-refractivity contribution in [1.82, 2.24) is 9.80 Å². The Hall–Kier alpha value is -0.770. The molecule has 4 nitrogen and oxygen atoms in total. The summed E-state index contributed by atoms with van der Waals surface area (Å²) in [6.07, 6.45) is 4.13. The minimum absolute atomic E-state index is 0.189. The Balaban J connectivity index is 1.92. The highest BCUT2D eigenvalue weighted by molar-refractivity contribution is 5.65. The number of carbonyl (C=O) groups is 1. The zero-order chi connectivity index (χ0) is 10.8. The number of rotatable bonds is 1. The van der Waals surface area contributed by atoms with E-state index in [1.165, 1.54) is 19.3 Å². The zero-order valence-electron chi connectivity index (χ0n) is 9.35. The minimum atomic E-state index is -0.762. The largest absolute Gasteiger partial charge is 0.465 e. The summed E-state index contributed by atoms with van der Waals surface area (Å²) in [5.41, 5.74) is 0. The number of likely N-dealkylation sites (tertiary alicyclic amines) is 2. The van der Waals surface area contributed by atoms with Crippen molar-refractivity contribution in [3.8, 4) is 0 Å². The molecule has 2 fully saturated rings. The van der Waals surface area contributed by atoms with E-state index >= 15 is 0 Å². The van der Waals surface area contributed by atoms with Gasteiger partial charge in [-0.2, -0.15) is 0 Å². The van der Waals surface area contributed by atoms with Crippen LogP contribution >= 0.6 is 0 Å². The van der Waals surface area contributed by atoms with Crippen LogP contribution in [0.3, 0.4) is 0 Å². The maximum absolute atomic E-state index is 10.9. The average molecular weight is 212 g/mol. The Labute approximate surface area is 90.9 Å². The minimum Gasteiger partial charge on any atom is -0.465 e. The number of nitrogens with zero attached hydrogens (tertiary/aromatic N) is 2. The van der Waals surface area contributed by atoms with Crippen molar-refractivity contribution in [3.63, 3.8) is 0 Å². The molecule has 0 aromatic heterocycles. The second-order valence-corrected chi connectivity index (χ2v) is 4.77. The summed E-state index contributed by atoms with van der Waals surface area (Å²) < 4.78 is 0. The SMILES string of the molecule is CC1C[C@H](N2CCCCC2)CN1C(=O)O. The molecule has 0 radical (unpaired) electrons. The van der Waals surface area contributed by atoms with E-state index in [0.29, 0.717) is 12.6 Å². The lowest BCUT2D eigenvalue weighted by atomic mass is 10.1. The van der Waals surface area contributed by atoms with E-state index < -0.39 is 6.09 Å². The van der Waals surface area contributed by atoms with Crippen molar-refractivity contribution in [2.24, 2.45) is 0 Å². The van der Waals surface area contributed by atoms with E-state index in [1.807, 2.05) is 6.92 Å². The number of piperidine rings is 1. The van der Waals surface area contributed by atoms with E-state index in [9.17, 15) is 4.79 Å². The summed E-state index contributed by atoms with van der Waals surface area (Å²) >= 11 is 0. The summed E-state index contributed by atoms with van der Waals surface area (Å²) in [6.45, 7) is 5.03. The van der Waals surface area contributed by atoms with Gasteiger partial charge in [-0.3, -0.25) is 4.90 Å². The Morgan fingerprint density at radius 3 is 2.47 bits per heavy atom. The van der Waals surface area contributed by atoms with Crippen molar-refractivity contribution in [2.45, 2.75) is 44.7 Å². The lowest BCUT2D eigenvalue weighted by Crippen LogP contribution is -2.41. The highest BCUT2D eigenvalue weighted by atomic mass is 16.4. The molecular weight excluding hydrogens is 192 g/mol. The van der Waals surface area contributed by atoms with Gasteiger partial charge in [0.05, 0.1) is 0 Å². The van der Waals surface area contributed by atoms with Crippen molar-refractivity contribution in [2.75, 3.05) is 19.6 Å². The molecule has 0 saturated carbocycles. The molecule has 86 valence electrons. The molecule has 0 aromatic rings. The predicted octanol–water partition coefficient (Wildman–Crippen LogP) is 1.61. The van der Waals surface area contributed by atoms with Gasteiger partial charge in [0.15, 0.2) is 0 Å². The van der Waals surface area contributed by atoms with Crippen LogP contribution in [0.2, 0.25) is 0 Å². The van der Waals surface area contributed by atoms with Crippen molar-refractivity contribution < 1.29 is 9.90 Å². The molecule has 2 rings (SSSR count). The van der Waals surface area contributed by atoms with Gasteiger partial charge in [-0.25, -0.2) is 4.79 Å². The lowest BCUT2D eigenvalue weighted by Gasteiger charge is -2.31. The van der Waals surface area contributed by atoms with Crippen molar-refractivity contribution in [3.05, 3.63) is 0 Å². The Bertz CT molecular complexity index is 239. The summed E-state index contributed by atoms with van der Waals surface area (Å²) in [7, 11) is 0. The molecule has 0 bridgehead atoms. The van der Waals surface area contributed by atoms with Crippen LogP contribution in [-0.2, 0) is 0 Å². The van der Waals surface area contributed by atoms with Gasteiger partial charge in [0, 0.05) is 18.6 Å². The number of amides is 1. The van der Waals surface area contributed by atoms with Crippen LogP contribution in [0, 0.1) is 0 Å².